The molecule has 0 saturated carbocycles. The Kier molecular flexibility index (Phi) is 28.2. The van der Waals surface area contributed by atoms with Gasteiger partial charge in [0.1, 0.15) is 73.2 Å². The fourth-order valence-corrected chi connectivity index (χ4v) is 7.87. The summed E-state index contributed by atoms with van der Waals surface area (Å²) in [5.74, 6) is -0.300. The molecule has 0 aromatic carbocycles. The first kappa shape index (κ1) is 57.3. The van der Waals surface area contributed by atoms with E-state index >= 15 is 0 Å². The summed E-state index contributed by atoms with van der Waals surface area (Å²) in [4.78, 5) is 13.0. The molecule has 19 nitrogen and oxygen atoms in total. The topological polar surface area (TPSA) is 307 Å². The molecule has 12 N–H and O–H groups in total. The van der Waals surface area contributed by atoms with Gasteiger partial charge in [0.25, 0.3) is 0 Å². The van der Waals surface area contributed by atoms with E-state index in [-0.39, 0.29) is 18.9 Å². The van der Waals surface area contributed by atoms with Crippen molar-refractivity contribution in [3.8, 4) is 0 Å². The molecule has 65 heavy (non-hydrogen) atoms. The number of aliphatic hydroxyl groups excluding tert-OH is 11. The smallest absolute Gasteiger partial charge is 0.220 e. The number of amides is 1. The van der Waals surface area contributed by atoms with E-state index in [1.165, 1.54) is 25.3 Å². The van der Waals surface area contributed by atoms with Crippen LogP contribution in [0.1, 0.15) is 117 Å². The molecule has 3 aliphatic rings. The zero-order valence-corrected chi connectivity index (χ0v) is 38.2. The predicted molar refractivity (Wildman–Crippen MR) is 236 cm³/mol. The second-order valence-corrected chi connectivity index (χ2v) is 17.2. The molecule has 0 spiro atoms. The van der Waals surface area contributed by atoms with Crippen LogP contribution in [0.15, 0.2) is 36.5 Å². The first-order valence-corrected chi connectivity index (χ1v) is 23.7. The van der Waals surface area contributed by atoms with Crippen LogP contribution in [0.3, 0.4) is 0 Å². The molecule has 378 valence electrons. The van der Waals surface area contributed by atoms with Gasteiger partial charge in [0.05, 0.1) is 38.6 Å². The minimum absolute atomic E-state index is 0.230. The highest BCUT2D eigenvalue weighted by atomic mass is 16.8. The Morgan fingerprint density at radius 3 is 1.60 bits per heavy atom. The van der Waals surface area contributed by atoms with Crippen molar-refractivity contribution >= 4 is 5.91 Å². The number of carbonyl (C=O) groups is 1. The highest BCUT2D eigenvalue weighted by Gasteiger charge is 2.53. The number of hydrogen-bond donors (Lipinski definition) is 12. The summed E-state index contributed by atoms with van der Waals surface area (Å²) in [6.45, 7) is 1.40. The predicted octanol–water partition coefficient (Wildman–Crippen LogP) is 0.247. The lowest BCUT2D eigenvalue weighted by atomic mass is 9.96. The molecule has 3 rings (SSSR count). The van der Waals surface area contributed by atoms with Crippen LogP contribution in [-0.4, -0.2) is 193 Å². The average molecular weight is 936 g/mol. The number of aliphatic hydroxyl groups is 11. The van der Waals surface area contributed by atoms with Gasteiger partial charge in [-0.2, -0.15) is 0 Å². The van der Waals surface area contributed by atoms with E-state index in [0.29, 0.717) is 12.8 Å². The van der Waals surface area contributed by atoms with Crippen LogP contribution in [0.5, 0.6) is 0 Å². The molecule has 17 unspecified atom stereocenters. The van der Waals surface area contributed by atoms with Gasteiger partial charge in [-0.3, -0.25) is 4.79 Å². The standard InChI is InChI=1S/C46H81NO18/c1-3-5-7-8-9-10-11-12-13-14-15-16-17-18-19-20-22-24-34(52)47-29(30(51)23-21-6-4-2)28-60-44-40(58)37(55)42(32(26-49)62-44)65-46-41(59)38(56)43(33(27-50)63-46)64-45-39(57)36(54)35(53)31(25-48)61-45/h9-10,12-13,21,23,29-33,35-46,48-51,53-59H,3-8,11,14-20,22,24-28H2,1-2H3,(H,47,52)/b10-9-,13-12-,23-21+. The van der Waals surface area contributed by atoms with Crippen molar-refractivity contribution in [3.05, 3.63) is 36.5 Å². The fraction of sp³-hybridized carbons (Fsp3) is 0.848. The molecular weight excluding hydrogens is 854 g/mol. The van der Waals surface area contributed by atoms with Gasteiger partial charge in [-0.1, -0.05) is 102 Å². The first-order valence-electron chi connectivity index (χ1n) is 23.7. The van der Waals surface area contributed by atoms with Gasteiger partial charge in [0.2, 0.25) is 5.91 Å². The van der Waals surface area contributed by atoms with E-state index in [0.717, 1.165) is 64.2 Å². The quantitative estimate of drug-likeness (QED) is 0.0328. The van der Waals surface area contributed by atoms with Crippen LogP contribution in [0.4, 0.5) is 0 Å². The van der Waals surface area contributed by atoms with Crippen molar-refractivity contribution in [2.24, 2.45) is 0 Å². The molecule has 19 heteroatoms. The SMILES string of the molecule is CCC/C=C/C(O)C(COC1OC(CO)C(OC2OC(CO)C(OC3OC(CO)C(O)C(O)C3O)C(O)C2O)C(O)C1O)NC(=O)CCCCCCCCC/C=C\C/C=C\CCCCC. The second-order valence-electron chi connectivity index (χ2n) is 17.2. The number of nitrogens with one attached hydrogen (secondary N) is 1. The Morgan fingerprint density at radius 1 is 0.554 bits per heavy atom. The Hall–Kier alpha value is -1.99. The minimum atomic E-state index is -1.97. The first-order chi connectivity index (χ1) is 31.3. The lowest BCUT2D eigenvalue weighted by Gasteiger charge is -2.48. The molecule has 0 aromatic rings. The van der Waals surface area contributed by atoms with E-state index in [1.807, 2.05) is 6.92 Å². The van der Waals surface area contributed by atoms with Crippen LogP contribution in [0, 0.1) is 0 Å². The number of ether oxygens (including phenoxy) is 6. The van der Waals surface area contributed by atoms with E-state index in [4.69, 9.17) is 28.4 Å². The summed E-state index contributed by atoms with van der Waals surface area (Å²) in [5, 5.41) is 119. The Labute approximate surface area is 383 Å². The number of hydrogen-bond acceptors (Lipinski definition) is 18. The summed E-state index contributed by atoms with van der Waals surface area (Å²) < 4.78 is 33.8. The van der Waals surface area contributed by atoms with Crippen LogP contribution >= 0.6 is 0 Å². The van der Waals surface area contributed by atoms with Crippen LogP contribution < -0.4 is 5.32 Å². The van der Waals surface area contributed by atoms with Gasteiger partial charge in [-0.05, 0) is 44.9 Å². The van der Waals surface area contributed by atoms with Gasteiger partial charge in [-0.25, -0.2) is 0 Å². The summed E-state index contributed by atoms with van der Waals surface area (Å²) in [5.41, 5.74) is 0. The fourth-order valence-electron chi connectivity index (χ4n) is 7.87. The lowest BCUT2D eigenvalue weighted by Crippen LogP contribution is -2.66. The van der Waals surface area contributed by atoms with Crippen molar-refractivity contribution in [1.82, 2.24) is 5.32 Å². The largest absolute Gasteiger partial charge is 0.394 e. The molecule has 0 bridgehead atoms. The van der Waals surface area contributed by atoms with Gasteiger partial charge in [0.15, 0.2) is 18.9 Å². The monoisotopic (exact) mass is 936 g/mol. The van der Waals surface area contributed by atoms with E-state index in [1.54, 1.807) is 6.08 Å². The molecule has 17 atom stereocenters. The summed E-state index contributed by atoms with van der Waals surface area (Å²) >= 11 is 0. The molecule has 3 aliphatic heterocycles. The number of rotatable bonds is 31. The normalized spacial score (nSPS) is 34.4. The maximum atomic E-state index is 13.0. The van der Waals surface area contributed by atoms with Crippen molar-refractivity contribution in [2.75, 3.05) is 26.4 Å². The van der Waals surface area contributed by atoms with Gasteiger partial charge >= 0.3 is 0 Å². The zero-order chi connectivity index (χ0) is 47.7. The molecule has 0 radical (unpaired) electrons. The molecule has 1 amide bonds. The molecule has 0 aromatic heterocycles. The number of allylic oxidation sites excluding steroid dienone is 5. The maximum Gasteiger partial charge on any atom is 0.220 e. The van der Waals surface area contributed by atoms with E-state index in [2.05, 4.69) is 36.5 Å². The van der Waals surface area contributed by atoms with Gasteiger partial charge < -0.3 is 89.9 Å². The number of carbonyl (C=O) groups excluding carboxylic acids is 1. The summed E-state index contributed by atoms with van der Waals surface area (Å²) in [7, 11) is 0. The van der Waals surface area contributed by atoms with Gasteiger partial charge in [0, 0.05) is 6.42 Å². The third-order valence-corrected chi connectivity index (χ3v) is 11.9. The third kappa shape index (κ3) is 18.8. The van der Waals surface area contributed by atoms with Gasteiger partial charge in [-0.15, -0.1) is 0 Å². The van der Waals surface area contributed by atoms with Crippen LogP contribution in [0.25, 0.3) is 0 Å². The Bertz CT molecular complexity index is 1350. The van der Waals surface area contributed by atoms with E-state index < -0.39 is 124 Å². The average Bonchev–Trinajstić information content (AvgIpc) is 3.30. The molecule has 3 heterocycles. The molecular formula is C46H81NO18. The molecule has 0 aliphatic carbocycles. The highest BCUT2D eigenvalue weighted by Crippen LogP contribution is 2.33. The maximum absolute atomic E-state index is 13.0. The Morgan fingerprint density at radius 2 is 1.05 bits per heavy atom. The summed E-state index contributed by atoms with van der Waals surface area (Å²) in [6.07, 6.45) is 1.34. The second kappa shape index (κ2) is 31.9. The summed E-state index contributed by atoms with van der Waals surface area (Å²) in [6, 6.07) is -0.971. The molecule has 3 fully saturated rings. The van der Waals surface area contributed by atoms with Crippen molar-refractivity contribution in [2.45, 2.75) is 221 Å². The zero-order valence-electron chi connectivity index (χ0n) is 38.2. The van der Waals surface area contributed by atoms with Crippen molar-refractivity contribution < 1.29 is 89.4 Å². The van der Waals surface area contributed by atoms with Crippen LogP contribution in [0.2, 0.25) is 0 Å². The minimum Gasteiger partial charge on any atom is -0.394 e. The number of unbranched alkanes of at least 4 members (excludes halogenated alkanes) is 11. The lowest BCUT2D eigenvalue weighted by molar-refractivity contribution is -0.379. The third-order valence-electron chi connectivity index (χ3n) is 11.9. The van der Waals surface area contributed by atoms with Crippen LogP contribution in [-0.2, 0) is 33.2 Å². The van der Waals surface area contributed by atoms with Crippen molar-refractivity contribution in [1.29, 1.82) is 0 Å². The van der Waals surface area contributed by atoms with E-state index in [9.17, 15) is 61.0 Å². The Balaban J connectivity index is 1.48. The highest BCUT2D eigenvalue weighted by molar-refractivity contribution is 5.76. The molecule has 3 saturated heterocycles. The van der Waals surface area contributed by atoms with Crippen molar-refractivity contribution in [3.63, 3.8) is 0 Å².